The number of methoxy groups -OCH3 is 1. The van der Waals surface area contributed by atoms with Crippen molar-refractivity contribution in [2.75, 3.05) is 7.11 Å². The van der Waals surface area contributed by atoms with Crippen LogP contribution in [0.2, 0.25) is 0 Å². The lowest BCUT2D eigenvalue weighted by Gasteiger charge is -1.92. The molecule has 72 valence electrons. The fourth-order valence-corrected chi connectivity index (χ4v) is 2.10. The third-order valence-corrected chi connectivity index (χ3v) is 2.85. The predicted octanol–water partition coefficient (Wildman–Crippen LogP) is 1.83. The Morgan fingerprint density at radius 1 is 1.57 bits per heavy atom. The van der Waals surface area contributed by atoms with Gasteiger partial charge in [0, 0.05) is 0 Å². The van der Waals surface area contributed by atoms with E-state index in [9.17, 15) is 9.59 Å². The van der Waals surface area contributed by atoms with Gasteiger partial charge in [0.05, 0.1) is 22.2 Å². The highest BCUT2D eigenvalue weighted by Crippen LogP contribution is 2.25. The Labute approximate surface area is 83.5 Å². The Balaban J connectivity index is 2.49. The number of ether oxygens (including phenoxy) is 1. The van der Waals surface area contributed by atoms with Crippen molar-refractivity contribution < 1.29 is 14.3 Å². The van der Waals surface area contributed by atoms with Crippen LogP contribution < -0.4 is 0 Å². The first-order valence-electron chi connectivity index (χ1n) is 3.90. The summed E-state index contributed by atoms with van der Waals surface area (Å²) in [5, 5.41) is 0. The van der Waals surface area contributed by atoms with Gasteiger partial charge in [-0.05, 0) is 12.1 Å². The molecule has 0 saturated carbocycles. The number of aromatic amines is 1. The SMILES string of the molecule is COC(=O)c1cc2sc(C=O)cc2[nH]1. The normalized spacial score (nSPS) is 10.4. The minimum Gasteiger partial charge on any atom is -0.464 e. The Kier molecular flexibility index (Phi) is 2.09. The number of aldehydes is 1. The summed E-state index contributed by atoms with van der Waals surface area (Å²) in [4.78, 5) is 25.1. The Hall–Kier alpha value is -1.62. The summed E-state index contributed by atoms with van der Waals surface area (Å²) in [6.07, 6.45) is 0.788. The fraction of sp³-hybridized carbons (Fsp3) is 0.111. The molecule has 0 saturated heterocycles. The maximum absolute atomic E-state index is 11.1. The monoisotopic (exact) mass is 209 g/mol. The van der Waals surface area contributed by atoms with Crippen LogP contribution in [0.4, 0.5) is 0 Å². The van der Waals surface area contributed by atoms with E-state index in [0.29, 0.717) is 10.6 Å². The summed E-state index contributed by atoms with van der Waals surface area (Å²) in [6.45, 7) is 0. The van der Waals surface area contributed by atoms with Gasteiger partial charge in [-0.25, -0.2) is 4.79 Å². The molecule has 5 heteroatoms. The molecule has 0 unspecified atom stereocenters. The third kappa shape index (κ3) is 1.31. The van der Waals surface area contributed by atoms with Crippen molar-refractivity contribution in [1.29, 1.82) is 0 Å². The molecule has 0 aliphatic heterocycles. The van der Waals surface area contributed by atoms with E-state index >= 15 is 0 Å². The molecular formula is C9H7NO3S. The van der Waals surface area contributed by atoms with Crippen LogP contribution in [0.15, 0.2) is 12.1 Å². The van der Waals surface area contributed by atoms with Gasteiger partial charge < -0.3 is 9.72 Å². The number of H-pyrrole nitrogens is 1. The Morgan fingerprint density at radius 2 is 2.36 bits per heavy atom. The molecule has 0 spiro atoms. The van der Waals surface area contributed by atoms with Gasteiger partial charge in [-0.3, -0.25) is 4.79 Å². The molecule has 0 aromatic carbocycles. The van der Waals surface area contributed by atoms with Crippen LogP contribution in [0, 0.1) is 0 Å². The standard InChI is InChI=1S/C9H7NO3S/c1-13-9(12)7-3-8-6(10-7)2-5(4-11)14-8/h2-4,10H,1H3. The highest BCUT2D eigenvalue weighted by Gasteiger charge is 2.11. The summed E-state index contributed by atoms with van der Waals surface area (Å²) >= 11 is 1.34. The Morgan fingerprint density at radius 3 is 2.93 bits per heavy atom. The minimum atomic E-state index is -0.402. The van der Waals surface area contributed by atoms with E-state index in [-0.39, 0.29) is 0 Å². The summed E-state index contributed by atoms with van der Waals surface area (Å²) < 4.78 is 5.44. The summed E-state index contributed by atoms with van der Waals surface area (Å²) in [7, 11) is 1.33. The molecule has 2 heterocycles. The zero-order valence-corrected chi connectivity index (χ0v) is 8.18. The molecule has 1 N–H and O–H groups in total. The predicted molar refractivity (Wildman–Crippen MR) is 52.9 cm³/mol. The van der Waals surface area contributed by atoms with E-state index in [2.05, 4.69) is 9.72 Å². The van der Waals surface area contributed by atoms with Crippen LogP contribution in [0.25, 0.3) is 10.2 Å². The number of hydrogen-bond acceptors (Lipinski definition) is 4. The smallest absolute Gasteiger partial charge is 0.354 e. The van der Waals surface area contributed by atoms with Gasteiger partial charge in [0.2, 0.25) is 0 Å². The number of carbonyl (C=O) groups is 2. The van der Waals surface area contributed by atoms with Crippen molar-refractivity contribution in [1.82, 2.24) is 4.98 Å². The van der Waals surface area contributed by atoms with Crippen LogP contribution in [0.1, 0.15) is 20.2 Å². The topological polar surface area (TPSA) is 59.2 Å². The molecule has 0 fully saturated rings. The quantitative estimate of drug-likeness (QED) is 0.606. The largest absolute Gasteiger partial charge is 0.464 e. The summed E-state index contributed by atoms with van der Waals surface area (Å²) in [5.74, 6) is -0.402. The summed E-state index contributed by atoms with van der Waals surface area (Å²) in [6, 6.07) is 3.39. The number of esters is 1. The number of hydrogen-bond donors (Lipinski definition) is 1. The highest BCUT2D eigenvalue weighted by molar-refractivity contribution is 7.20. The van der Waals surface area contributed by atoms with Crippen LogP contribution in [0.5, 0.6) is 0 Å². The van der Waals surface area contributed by atoms with Crippen LogP contribution >= 0.6 is 11.3 Å². The first kappa shape index (κ1) is 8.96. The number of rotatable bonds is 2. The van der Waals surface area contributed by atoms with E-state index in [4.69, 9.17) is 0 Å². The lowest BCUT2D eigenvalue weighted by molar-refractivity contribution is 0.0595. The molecule has 0 bridgehead atoms. The van der Waals surface area contributed by atoms with Gasteiger partial charge in [-0.15, -0.1) is 11.3 Å². The fourth-order valence-electron chi connectivity index (χ4n) is 1.22. The van der Waals surface area contributed by atoms with Crippen molar-refractivity contribution in [3.05, 3.63) is 22.7 Å². The van der Waals surface area contributed by atoms with Gasteiger partial charge in [-0.1, -0.05) is 0 Å². The molecule has 0 aliphatic rings. The van der Waals surface area contributed by atoms with E-state index in [0.717, 1.165) is 16.5 Å². The lowest BCUT2D eigenvalue weighted by atomic mass is 10.4. The molecule has 0 radical (unpaired) electrons. The van der Waals surface area contributed by atoms with Crippen molar-refractivity contribution in [2.24, 2.45) is 0 Å². The number of fused-ring (bicyclic) bond motifs is 1. The second-order valence-electron chi connectivity index (χ2n) is 2.72. The van der Waals surface area contributed by atoms with Gasteiger partial charge in [0.25, 0.3) is 0 Å². The van der Waals surface area contributed by atoms with Gasteiger partial charge in [-0.2, -0.15) is 0 Å². The highest BCUT2D eigenvalue weighted by atomic mass is 32.1. The van der Waals surface area contributed by atoms with Crippen molar-refractivity contribution in [2.45, 2.75) is 0 Å². The van der Waals surface area contributed by atoms with Gasteiger partial charge >= 0.3 is 5.97 Å². The molecule has 2 aromatic rings. The van der Waals surface area contributed by atoms with E-state index < -0.39 is 5.97 Å². The molecule has 4 nitrogen and oxygen atoms in total. The zero-order chi connectivity index (χ0) is 10.1. The van der Waals surface area contributed by atoms with Crippen molar-refractivity contribution >= 4 is 33.8 Å². The Bertz CT molecular complexity index is 466. The van der Waals surface area contributed by atoms with Gasteiger partial charge in [0.15, 0.2) is 6.29 Å². The lowest BCUT2D eigenvalue weighted by Crippen LogP contribution is -2.00. The number of thiophene rings is 1. The number of nitrogens with one attached hydrogen (secondary N) is 1. The summed E-state index contributed by atoms with van der Waals surface area (Å²) in [5.41, 5.74) is 1.20. The van der Waals surface area contributed by atoms with E-state index in [1.807, 2.05) is 0 Å². The minimum absolute atomic E-state index is 0.402. The second kappa shape index (κ2) is 3.26. The molecule has 2 aromatic heterocycles. The van der Waals surface area contributed by atoms with Gasteiger partial charge in [0.1, 0.15) is 5.69 Å². The molecule has 14 heavy (non-hydrogen) atoms. The average molecular weight is 209 g/mol. The number of aromatic nitrogens is 1. The molecule has 0 aliphatic carbocycles. The van der Waals surface area contributed by atoms with Crippen molar-refractivity contribution in [3.63, 3.8) is 0 Å². The second-order valence-corrected chi connectivity index (χ2v) is 3.83. The maximum atomic E-state index is 11.1. The van der Waals surface area contributed by atoms with E-state index in [1.165, 1.54) is 18.4 Å². The zero-order valence-electron chi connectivity index (χ0n) is 7.37. The van der Waals surface area contributed by atoms with Crippen molar-refractivity contribution in [3.8, 4) is 0 Å². The molecule has 2 rings (SSSR count). The van der Waals surface area contributed by atoms with Crippen LogP contribution in [-0.4, -0.2) is 24.3 Å². The average Bonchev–Trinajstić information content (AvgIpc) is 2.72. The van der Waals surface area contributed by atoms with E-state index in [1.54, 1.807) is 12.1 Å². The molecule has 0 amide bonds. The molecule has 0 atom stereocenters. The van der Waals surface area contributed by atoms with Crippen LogP contribution in [-0.2, 0) is 4.74 Å². The maximum Gasteiger partial charge on any atom is 0.354 e. The number of carbonyl (C=O) groups excluding carboxylic acids is 2. The first-order chi connectivity index (χ1) is 6.74. The molecular weight excluding hydrogens is 202 g/mol. The third-order valence-electron chi connectivity index (χ3n) is 1.85. The first-order valence-corrected chi connectivity index (χ1v) is 4.72. The van der Waals surface area contributed by atoms with Crippen LogP contribution in [0.3, 0.4) is 0 Å².